The zero-order chi connectivity index (χ0) is 24.9. The van der Waals surface area contributed by atoms with Crippen LogP contribution in [0.1, 0.15) is 11.1 Å². The van der Waals surface area contributed by atoms with Crippen molar-refractivity contribution in [3.8, 4) is 34.1 Å². The Morgan fingerprint density at radius 3 is 2.56 bits per heavy atom. The van der Waals surface area contributed by atoms with E-state index in [0.717, 1.165) is 16.7 Å². The molecule has 0 atom stereocenters. The number of dihydropyridines is 1. The Morgan fingerprint density at radius 2 is 1.78 bits per heavy atom. The molecular weight excluding hydrogens is 470 g/mol. The van der Waals surface area contributed by atoms with Crippen molar-refractivity contribution in [2.45, 2.75) is 6.61 Å². The van der Waals surface area contributed by atoms with E-state index in [9.17, 15) is 10.1 Å². The zero-order valence-electron chi connectivity index (χ0n) is 19.3. The first-order chi connectivity index (χ1) is 17.6. The second-order valence-electron chi connectivity index (χ2n) is 8.30. The normalized spacial score (nSPS) is 12.4. The summed E-state index contributed by atoms with van der Waals surface area (Å²) in [6.07, 6.45) is 7.42. The van der Waals surface area contributed by atoms with E-state index in [-0.39, 0.29) is 5.56 Å². The van der Waals surface area contributed by atoms with E-state index in [1.807, 2.05) is 72.8 Å². The largest absolute Gasteiger partial charge is 0.489 e. The highest BCUT2D eigenvalue weighted by Gasteiger charge is 2.16. The highest BCUT2D eigenvalue weighted by Crippen LogP contribution is 2.31. The number of halogens is 1. The highest BCUT2D eigenvalue weighted by atomic mass is 35.5. The second kappa shape index (κ2) is 10.4. The average Bonchev–Trinajstić information content (AvgIpc) is 2.93. The van der Waals surface area contributed by atoms with Crippen LogP contribution in [0.5, 0.6) is 5.75 Å². The van der Waals surface area contributed by atoms with E-state index < -0.39 is 0 Å². The van der Waals surface area contributed by atoms with Crippen LogP contribution in [-0.4, -0.2) is 11.1 Å². The quantitative estimate of drug-likeness (QED) is 0.346. The third kappa shape index (κ3) is 4.95. The Kier molecular flexibility index (Phi) is 6.70. The minimum Gasteiger partial charge on any atom is -0.489 e. The van der Waals surface area contributed by atoms with Gasteiger partial charge in [0.15, 0.2) is 0 Å². The molecule has 6 heteroatoms. The minimum atomic E-state index is -0.205. The number of rotatable bonds is 6. The molecular formula is C30H22ClN3O2. The van der Waals surface area contributed by atoms with E-state index >= 15 is 0 Å². The van der Waals surface area contributed by atoms with Crippen molar-refractivity contribution in [3.63, 3.8) is 0 Å². The highest BCUT2D eigenvalue weighted by molar-refractivity contribution is 6.31. The molecule has 1 aliphatic rings. The molecule has 0 saturated heterocycles. The van der Waals surface area contributed by atoms with Crippen LogP contribution in [-0.2, 0) is 6.61 Å². The maximum absolute atomic E-state index is 13.7. The van der Waals surface area contributed by atoms with Gasteiger partial charge in [-0.3, -0.25) is 9.36 Å². The van der Waals surface area contributed by atoms with Crippen molar-refractivity contribution in [3.05, 3.63) is 130 Å². The van der Waals surface area contributed by atoms with Crippen molar-refractivity contribution in [1.29, 1.82) is 5.26 Å². The van der Waals surface area contributed by atoms with Gasteiger partial charge < -0.3 is 10.1 Å². The van der Waals surface area contributed by atoms with Crippen molar-refractivity contribution in [1.82, 2.24) is 9.88 Å². The molecule has 1 N–H and O–H groups in total. The average molecular weight is 492 g/mol. The number of benzene rings is 3. The minimum absolute atomic E-state index is 0.205. The molecule has 3 aromatic carbocycles. The number of pyridine rings is 1. The predicted octanol–water partition coefficient (Wildman–Crippen LogP) is 6.24. The van der Waals surface area contributed by atoms with Crippen LogP contribution in [0.3, 0.4) is 0 Å². The lowest BCUT2D eigenvalue weighted by atomic mass is 9.98. The van der Waals surface area contributed by atoms with Crippen LogP contribution in [0.2, 0.25) is 5.02 Å². The van der Waals surface area contributed by atoms with Crippen LogP contribution in [0.25, 0.3) is 28.0 Å². The Morgan fingerprint density at radius 1 is 0.972 bits per heavy atom. The summed E-state index contributed by atoms with van der Waals surface area (Å²) in [5.74, 6) is 0.563. The first-order valence-electron chi connectivity index (χ1n) is 11.5. The van der Waals surface area contributed by atoms with E-state index in [1.54, 1.807) is 35.2 Å². The number of nitrogens with zero attached hydrogens (tertiary/aromatic N) is 2. The molecule has 176 valence electrons. The van der Waals surface area contributed by atoms with Crippen molar-refractivity contribution in [2.24, 2.45) is 0 Å². The molecule has 1 aliphatic heterocycles. The fourth-order valence-corrected chi connectivity index (χ4v) is 4.34. The molecule has 0 unspecified atom stereocenters. The summed E-state index contributed by atoms with van der Waals surface area (Å²) >= 11 is 6.46. The van der Waals surface area contributed by atoms with Crippen LogP contribution in [0, 0.1) is 11.3 Å². The molecule has 2 heterocycles. The Labute approximate surface area is 214 Å². The Bertz CT molecular complexity index is 1580. The van der Waals surface area contributed by atoms with Gasteiger partial charge in [0.2, 0.25) is 0 Å². The lowest BCUT2D eigenvalue weighted by molar-refractivity contribution is 0.306. The maximum Gasteiger partial charge on any atom is 0.263 e. The molecule has 36 heavy (non-hydrogen) atoms. The van der Waals surface area contributed by atoms with Crippen molar-refractivity contribution >= 4 is 17.3 Å². The van der Waals surface area contributed by atoms with Gasteiger partial charge in [0.25, 0.3) is 5.56 Å². The van der Waals surface area contributed by atoms with E-state index in [1.165, 1.54) is 0 Å². The third-order valence-electron chi connectivity index (χ3n) is 5.86. The summed E-state index contributed by atoms with van der Waals surface area (Å²) in [5.41, 5.74) is 4.62. The number of hydrogen-bond acceptors (Lipinski definition) is 4. The maximum atomic E-state index is 13.7. The van der Waals surface area contributed by atoms with Gasteiger partial charge in [0.1, 0.15) is 12.4 Å². The number of ether oxygens (including phenoxy) is 1. The van der Waals surface area contributed by atoms with Gasteiger partial charge in [-0.05, 0) is 47.5 Å². The first kappa shape index (κ1) is 23.2. The molecule has 0 radical (unpaired) electrons. The fourth-order valence-electron chi connectivity index (χ4n) is 4.11. The van der Waals surface area contributed by atoms with Gasteiger partial charge in [-0.25, -0.2) is 0 Å². The molecule has 5 rings (SSSR count). The lowest BCUT2D eigenvalue weighted by Crippen LogP contribution is -2.23. The first-order valence-corrected chi connectivity index (χ1v) is 11.8. The van der Waals surface area contributed by atoms with Crippen molar-refractivity contribution < 1.29 is 4.74 Å². The number of hydrogen-bond donors (Lipinski definition) is 1. The summed E-state index contributed by atoms with van der Waals surface area (Å²) in [6.45, 7) is 1.07. The van der Waals surface area contributed by atoms with Crippen LogP contribution in [0.15, 0.2) is 108 Å². The molecule has 1 aromatic heterocycles. The van der Waals surface area contributed by atoms with Crippen LogP contribution in [0.4, 0.5) is 0 Å². The van der Waals surface area contributed by atoms with Gasteiger partial charge in [-0.1, -0.05) is 66.2 Å². The van der Waals surface area contributed by atoms with E-state index in [2.05, 4.69) is 11.4 Å². The topological polar surface area (TPSA) is 67.0 Å². The molecule has 0 bridgehead atoms. The summed E-state index contributed by atoms with van der Waals surface area (Å²) in [4.78, 5) is 13.7. The van der Waals surface area contributed by atoms with Gasteiger partial charge in [-0.2, -0.15) is 5.26 Å². The second-order valence-corrected chi connectivity index (χ2v) is 8.74. The summed E-state index contributed by atoms with van der Waals surface area (Å²) in [6, 6.07) is 26.5. The number of nitrogens with one attached hydrogen (secondary N) is 1. The molecule has 5 nitrogen and oxygen atoms in total. The van der Waals surface area contributed by atoms with Gasteiger partial charge in [0, 0.05) is 40.7 Å². The number of aromatic nitrogens is 1. The molecule has 0 saturated carbocycles. The lowest BCUT2D eigenvalue weighted by Gasteiger charge is -2.16. The number of allylic oxidation sites excluding steroid dienone is 2. The summed E-state index contributed by atoms with van der Waals surface area (Å²) in [7, 11) is 0. The molecule has 0 aliphatic carbocycles. The summed E-state index contributed by atoms with van der Waals surface area (Å²) in [5, 5.41) is 13.3. The van der Waals surface area contributed by atoms with Gasteiger partial charge in [0.05, 0.1) is 17.3 Å². The van der Waals surface area contributed by atoms with Gasteiger partial charge >= 0.3 is 0 Å². The standard InChI is InChI=1S/C30H22ClN3O2/c31-25-13-23(14-27(16-25)36-20-21-7-2-1-3-8-21)29-15-24(28-11-5-4-9-22(28)17-32)19-34(30(29)35)26-10-6-12-33-18-26/h1-11,13-16,18-19,33H,12,20H2. The zero-order valence-corrected chi connectivity index (χ0v) is 20.1. The van der Waals surface area contributed by atoms with Gasteiger partial charge in [-0.15, -0.1) is 0 Å². The summed E-state index contributed by atoms with van der Waals surface area (Å²) < 4.78 is 7.59. The van der Waals surface area contributed by atoms with E-state index in [0.29, 0.717) is 46.3 Å². The van der Waals surface area contributed by atoms with Crippen molar-refractivity contribution in [2.75, 3.05) is 6.54 Å². The SMILES string of the molecule is N#Cc1ccccc1-c1cc(-c2cc(Cl)cc(OCc3ccccc3)c2)c(=O)n(C2=CNCC=C2)c1. The van der Waals surface area contributed by atoms with Crippen LogP contribution >= 0.6 is 11.6 Å². The predicted molar refractivity (Wildman–Crippen MR) is 143 cm³/mol. The molecule has 0 spiro atoms. The number of nitriles is 1. The third-order valence-corrected chi connectivity index (χ3v) is 6.08. The van der Waals surface area contributed by atoms with E-state index in [4.69, 9.17) is 16.3 Å². The van der Waals surface area contributed by atoms with Crippen LogP contribution < -0.4 is 15.6 Å². The molecule has 0 amide bonds. The monoisotopic (exact) mass is 491 g/mol. The fraction of sp³-hybridized carbons (Fsp3) is 0.0667. The Hall–Kier alpha value is -4.53. The molecule has 4 aromatic rings. The molecule has 0 fully saturated rings. The Balaban J connectivity index is 1.64. The smallest absolute Gasteiger partial charge is 0.263 e.